The van der Waals surface area contributed by atoms with Gasteiger partial charge in [0, 0.05) is 18.8 Å². The lowest BCUT2D eigenvalue weighted by molar-refractivity contribution is 0.0531. The molecule has 0 amide bonds. The molecule has 1 heterocycles. The van der Waals surface area contributed by atoms with E-state index >= 15 is 0 Å². The lowest BCUT2D eigenvalue weighted by Crippen LogP contribution is -2.35. The van der Waals surface area contributed by atoms with Gasteiger partial charge in [0.25, 0.3) is 0 Å². The molecule has 0 radical (unpaired) electrons. The highest BCUT2D eigenvalue weighted by molar-refractivity contribution is 5.14. The van der Waals surface area contributed by atoms with Crippen LogP contribution in [-0.4, -0.2) is 31.2 Å². The molecule has 1 saturated heterocycles. The van der Waals surface area contributed by atoms with E-state index in [9.17, 15) is 0 Å². The molecule has 0 aromatic heterocycles. The summed E-state index contributed by atoms with van der Waals surface area (Å²) in [5.41, 5.74) is 3.24. The molecule has 2 heteroatoms. The van der Waals surface area contributed by atoms with Crippen LogP contribution in [0, 0.1) is 0 Å². The minimum Gasteiger partial charge on any atom is -0.378 e. The van der Waals surface area contributed by atoms with Crippen molar-refractivity contribution in [3.05, 3.63) is 11.3 Å². The van der Waals surface area contributed by atoms with Crippen LogP contribution in [0.15, 0.2) is 11.3 Å². The van der Waals surface area contributed by atoms with Gasteiger partial charge in [-0.25, -0.2) is 0 Å². The topological polar surface area (TPSA) is 12.5 Å². The monoisotopic (exact) mass is 181 g/mol. The van der Waals surface area contributed by atoms with Crippen LogP contribution in [-0.2, 0) is 4.74 Å². The summed E-state index contributed by atoms with van der Waals surface area (Å²) in [5, 5.41) is 0. The Balaban J connectivity index is 2.00. The number of morpholine rings is 1. The molecule has 74 valence electrons. The van der Waals surface area contributed by atoms with Crippen molar-refractivity contribution in [2.24, 2.45) is 0 Å². The Hall–Kier alpha value is -0.500. The molecule has 1 aliphatic carbocycles. The highest BCUT2D eigenvalue weighted by atomic mass is 16.5. The van der Waals surface area contributed by atoms with Gasteiger partial charge in [0.1, 0.15) is 0 Å². The molecule has 0 unspecified atom stereocenters. The van der Waals surface area contributed by atoms with Crippen molar-refractivity contribution in [1.29, 1.82) is 0 Å². The maximum atomic E-state index is 5.35. The molecule has 0 atom stereocenters. The summed E-state index contributed by atoms with van der Waals surface area (Å²) >= 11 is 0. The molecule has 2 fully saturated rings. The van der Waals surface area contributed by atoms with Gasteiger partial charge in [-0.15, -0.1) is 0 Å². The van der Waals surface area contributed by atoms with Crippen LogP contribution in [0.2, 0.25) is 0 Å². The van der Waals surface area contributed by atoms with E-state index in [2.05, 4.69) is 11.8 Å². The molecule has 0 spiro atoms. The van der Waals surface area contributed by atoms with E-state index in [0.29, 0.717) is 0 Å². The van der Waals surface area contributed by atoms with Gasteiger partial charge in [-0.3, -0.25) is 0 Å². The first-order valence-electron chi connectivity index (χ1n) is 5.39. The molecule has 2 nitrogen and oxygen atoms in total. The summed E-state index contributed by atoms with van der Waals surface area (Å²) in [4.78, 5) is 2.49. The fraction of sp³-hybridized carbons (Fsp3) is 0.818. The number of allylic oxidation sites excluding steroid dienone is 2. The highest BCUT2D eigenvalue weighted by Crippen LogP contribution is 2.28. The quantitative estimate of drug-likeness (QED) is 0.614. The van der Waals surface area contributed by atoms with Gasteiger partial charge < -0.3 is 9.64 Å². The molecule has 1 saturated carbocycles. The number of ether oxygens (including phenoxy) is 1. The van der Waals surface area contributed by atoms with E-state index in [-0.39, 0.29) is 0 Å². The third-order valence-corrected chi connectivity index (χ3v) is 3.20. The molecular formula is C11H19NO. The Morgan fingerprint density at radius 1 is 1.15 bits per heavy atom. The number of hydrogen-bond acceptors (Lipinski definition) is 2. The Morgan fingerprint density at radius 3 is 2.38 bits per heavy atom. The van der Waals surface area contributed by atoms with Gasteiger partial charge in [-0.2, -0.15) is 0 Å². The van der Waals surface area contributed by atoms with Crippen LogP contribution in [0.25, 0.3) is 0 Å². The van der Waals surface area contributed by atoms with Gasteiger partial charge in [0.2, 0.25) is 0 Å². The zero-order valence-corrected chi connectivity index (χ0v) is 8.51. The maximum absolute atomic E-state index is 5.35. The summed E-state index contributed by atoms with van der Waals surface area (Å²) in [5.74, 6) is 0. The maximum Gasteiger partial charge on any atom is 0.0642 e. The van der Waals surface area contributed by atoms with Gasteiger partial charge >= 0.3 is 0 Å². The fourth-order valence-electron chi connectivity index (χ4n) is 2.29. The van der Waals surface area contributed by atoms with Crippen LogP contribution in [0.5, 0.6) is 0 Å². The van der Waals surface area contributed by atoms with Crippen molar-refractivity contribution in [3.8, 4) is 0 Å². The van der Waals surface area contributed by atoms with Crippen molar-refractivity contribution in [2.45, 2.75) is 32.6 Å². The zero-order valence-electron chi connectivity index (χ0n) is 8.51. The summed E-state index contributed by atoms with van der Waals surface area (Å²) in [7, 11) is 0. The van der Waals surface area contributed by atoms with E-state index in [4.69, 9.17) is 4.74 Å². The minimum absolute atomic E-state index is 0.907. The Bertz CT molecular complexity index is 196. The Labute approximate surface area is 80.6 Å². The third kappa shape index (κ3) is 2.05. The number of rotatable bonds is 1. The van der Waals surface area contributed by atoms with E-state index in [1.807, 2.05) is 0 Å². The standard InChI is InChI=1S/C11H19NO/c1-10(11-4-2-3-5-11)12-6-8-13-9-7-12/h2-9H2,1H3. The molecule has 2 rings (SSSR count). The largest absolute Gasteiger partial charge is 0.378 e. The summed E-state index contributed by atoms with van der Waals surface area (Å²) < 4.78 is 5.35. The average molecular weight is 181 g/mol. The SMILES string of the molecule is CC(=C1CCCC1)N1CCOCC1. The minimum atomic E-state index is 0.907. The fourth-order valence-corrected chi connectivity index (χ4v) is 2.29. The highest BCUT2D eigenvalue weighted by Gasteiger charge is 2.16. The van der Waals surface area contributed by atoms with Gasteiger partial charge in [-0.05, 0) is 32.6 Å². The van der Waals surface area contributed by atoms with Crippen molar-refractivity contribution in [1.82, 2.24) is 4.90 Å². The lowest BCUT2D eigenvalue weighted by Gasteiger charge is -2.30. The van der Waals surface area contributed by atoms with Gasteiger partial charge in [0.15, 0.2) is 0 Å². The Morgan fingerprint density at radius 2 is 1.77 bits per heavy atom. The van der Waals surface area contributed by atoms with Crippen molar-refractivity contribution >= 4 is 0 Å². The first-order valence-corrected chi connectivity index (χ1v) is 5.39. The first kappa shape index (κ1) is 9.07. The second kappa shape index (κ2) is 4.14. The van der Waals surface area contributed by atoms with E-state index in [1.165, 1.54) is 25.7 Å². The number of hydrogen-bond donors (Lipinski definition) is 0. The summed E-state index contributed by atoms with van der Waals surface area (Å²) in [6.07, 6.45) is 5.47. The summed E-state index contributed by atoms with van der Waals surface area (Å²) in [6.45, 7) is 6.28. The van der Waals surface area contributed by atoms with Crippen LogP contribution in [0.3, 0.4) is 0 Å². The van der Waals surface area contributed by atoms with Gasteiger partial charge in [-0.1, -0.05) is 5.57 Å². The smallest absolute Gasteiger partial charge is 0.0642 e. The van der Waals surface area contributed by atoms with E-state index in [0.717, 1.165) is 26.3 Å². The predicted molar refractivity (Wildman–Crippen MR) is 53.6 cm³/mol. The molecule has 0 aromatic rings. The second-order valence-electron chi connectivity index (χ2n) is 4.00. The van der Waals surface area contributed by atoms with Crippen LogP contribution >= 0.6 is 0 Å². The summed E-state index contributed by atoms with van der Waals surface area (Å²) in [6, 6.07) is 0. The van der Waals surface area contributed by atoms with Crippen molar-refractivity contribution in [3.63, 3.8) is 0 Å². The molecule has 2 aliphatic rings. The molecule has 0 N–H and O–H groups in total. The first-order chi connectivity index (χ1) is 6.38. The third-order valence-electron chi connectivity index (χ3n) is 3.20. The van der Waals surface area contributed by atoms with Crippen molar-refractivity contribution in [2.75, 3.05) is 26.3 Å². The second-order valence-corrected chi connectivity index (χ2v) is 4.00. The molecule has 13 heavy (non-hydrogen) atoms. The van der Waals surface area contributed by atoms with Crippen LogP contribution in [0.4, 0.5) is 0 Å². The van der Waals surface area contributed by atoms with E-state index in [1.54, 1.807) is 11.3 Å². The molecular weight excluding hydrogens is 162 g/mol. The Kier molecular flexibility index (Phi) is 2.89. The lowest BCUT2D eigenvalue weighted by atomic mass is 10.1. The van der Waals surface area contributed by atoms with E-state index < -0.39 is 0 Å². The van der Waals surface area contributed by atoms with Crippen LogP contribution < -0.4 is 0 Å². The molecule has 0 bridgehead atoms. The molecule has 0 aromatic carbocycles. The van der Waals surface area contributed by atoms with Crippen LogP contribution in [0.1, 0.15) is 32.6 Å². The van der Waals surface area contributed by atoms with Crippen molar-refractivity contribution < 1.29 is 4.74 Å². The zero-order chi connectivity index (χ0) is 9.10. The molecule has 1 aliphatic heterocycles. The van der Waals surface area contributed by atoms with Gasteiger partial charge in [0.05, 0.1) is 13.2 Å². The normalized spacial score (nSPS) is 23.8. The average Bonchev–Trinajstić information content (AvgIpc) is 2.71. The number of nitrogens with zero attached hydrogens (tertiary/aromatic N) is 1. The predicted octanol–water partition coefficient (Wildman–Crippen LogP) is 2.17.